The standard InChI is InChI=1S/C68H120O24.CH4/c1-5-63-9-11-65-64-10-8-62(2)60-66(64)68(67(65)61-63,12-6-14-71-20-22-75-28-30-79-36-38-83-44-46-87-52-54-91-58-56-89-50-48-85-42-40-81-34-32-77-26-24-73-18-16-69-3)13-7-15-72-21-23-76-29-31-80-37-39-84-45-47-88-53-55-92-59-57-90-51-49-86-43-41-82-35-33-78-27-25-74-19-17-70-4;/h8-11,60-61H,5-7,12-59H2,1-4H3;1H4. The average molecular weight is 1340 g/mol. The van der Waals surface area contributed by atoms with Crippen molar-refractivity contribution >= 4 is 0 Å². The Bertz CT molecular complexity index is 1800. The van der Waals surface area contributed by atoms with Crippen LogP contribution in [0.3, 0.4) is 0 Å². The fourth-order valence-electron chi connectivity index (χ4n) is 9.38. The first-order chi connectivity index (χ1) is 45.7. The van der Waals surface area contributed by atoms with Gasteiger partial charge in [-0.05, 0) is 66.8 Å². The smallest absolute Gasteiger partial charge is 0.0701 e. The summed E-state index contributed by atoms with van der Waals surface area (Å²) in [5.41, 5.74) is 8.05. The summed E-state index contributed by atoms with van der Waals surface area (Å²) >= 11 is 0. The molecule has 0 atom stereocenters. The van der Waals surface area contributed by atoms with E-state index in [2.05, 4.69) is 50.2 Å². The van der Waals surface area contributed by atoms with Crippen molar-refractivity contribution in [3.05, 3.63) is 58.7 Å². The Labute approximate surface area is 558 Å². The topological polar surface area (TPSA) is 222 Å². The van der Waals surface area contributed by atoms with Gasteiger partial charge in [-0.3, -0.25) is 0 Å². The molecule has 0 heterocycles. The molecule has 0 saturated heterocycles. The minimum absolute atomic E-state index is 0. The van der Waals surface area contributed by atoms with Crippen molar-refractivity contribution in [3.8, 4) is 11.1 Å². The molecule has 544 valence electrons. The molecular weight excluding hydrogens is 1210 g/mol. The van der Waals surface area contributed by atoms with E-state index in [1.165, 1.54) is 33.4 Å². The fourth-order valence-corrected chi connectivity index (χ4v) is 9.38. The Morgan fingerprint density at radius 3 is 0.656 bits per heavy atom. The second-order valence-corrected chi connectivity index (χ2v) is 21.0. The average Bonchev–Trinajstić information content (AvgIpc) is 1.58. The second-order valence-electron chi connectivity index (χ2n) is 21.0. The lowest BCUT2D eigenvalue weighted by Crippen LogP contribution is -2.27. The molecular formula is C69H124O24. The van der Waals surface area contributed by atoms with E-state index >= 15 is 0 Å². The molecule has 24 nitrogen and oxygen atoms in total. The number of aryl methyl sites for hydroxylation is 2. The van der Waals surface area contributed by atoms with E-state index in [4.69, 9.17) is 114 Å². The highest BCUT2D eigenvalue weighted by molar-refractivity contribution is 5.81. The Morgan fingerprint density at radius 1 is 0.247 bits per heavy atom. The van der Waals surface area contributed by atoms with Crippen molar-refractivity contribution in [1.82, 2.24) is 0 Å². The zero-order valence-corrected chi connectivity index (χ0v) is 56.8. The van der Waals surface area contributed by atoms with Crippen LogP contribution in [0.1, 0.15) is 62.3 Å². The van der Waals surface area contributed by atoms with Crippen LogP contribution in [-0.4, -0.2) is 318 Å². The van der Waals surface area contributed by atoms with E-state index < -0.39 is 0 Å². The van der Waals surface area contributed by atoms with Gasteiger partial charge in [0.15, 0.2) is 0 Å². The first kappa shape index (κ1) is 86.6. The van der Waals surface area contributed by atoms with Crippen molar-refractivity contribution < 1.29 is 114 Å². The van der Waals surface area contributed by atoms with E-state index in [0.717, 1.165) is 32.1 Å². The minimum atomic E-state index is -0.123. The molecule has 2 aromatic carbocycles. The zero-order valence-electron chi connectivity index (χ0n) is 56.8. The molecule has 3 rings (SSSR count). The summed E-state index contributed by atoms with van der Waals surface area (Å²) in [5.74, 6) is 0. The van der Waals surface area contributed by atoms with Gasteiger partial charge in [-0.25, -0.2) is 0 Å². The second kappa shape index (κ2) is 66.7. The Morgan fingerprint density at radius 2 is 0.441 bits per heavy atom. The van der Waals surface area contributed by atoms with Crippen LogP contribution in [0.2, 0.25) is 0 Å². The maximum absolute atomic E-state index is 6.13. The summed E-state index contributed by atoms with van der Waals surface area (Å²) in [7, 11) is 3.29. The lowest BCUT2D eigenvalue weighted by atomic mass is 9.71. The van der Waals surface area contributed by atoms with Gasteiger partial charge in [-0.15, -0.1) is 0 Å². The molecule has 0 saturated carbocycles. The van der Waals surface area contributed by atoms with Gasteiger partial charge in [0.1, 0.15) is 0 Å². The highest BCUT2D eigenvalue weighted by Crippen LogP contribution is 2.54. The van der Waals surface area contributed by atoms with Crippen molar-refractivity contribution in [2.45, 2.75) is 58.8 Å². The van der Waals surface area contributed by atoms with Crippen molar-refractivity contribution in [2.75, 3.05) is 318 Å². The van der Waals surface area contributed by atoms with Crippen LogP contribution in [-0.2, 0) is 126 Å². The first-order valence-electron chi connectivity index (χ1n) is 33.6. The van der Waals surface area contributed by atoms with Gasteiger partial charge in [0, 0.05) is 32.8 Å². The summed E-state index contributed by atoms with van der Waals surface area (Å²) in [4.78, 5) is 0. The summed E-state index contributed by atoms with van der Waals surface area (Å²) in [6, 6.07) is 14.0. The molecule has 1 aliphatic carbocycles. The summed E-state index contributed by atoms with van der Waals surface area (Å²) in [6.07, 6.45) is 4.81. The molecule has 2 aromatic rings. The van der Waals surface area contributed by atoms with Gasteiger partial charge >= 0.3 is 0 Å². The molecule has 0 radical (unpaired) electrons. The number of hydrogen-bond donors (Lipinski definition) is 0. The highest BCUT2D eigenvalue weighted by atomic mass is 16.6. The number of benzene rings is 2. The molecule has 24 heteroatoms. The van der Waals surface area contributed by atoms with E-state index in [-0.39, 0.29) is 12.8 Å². The van der Waals surface area contributed by atoms with E-state index in [0.29, 0.717) is 304 Å². The third-order valence-electron chi connectivity index (χ3n) is 14.1. The molecule has 0 aliphatic heterocycles. The third kappa shape index (κ3) is 48.0. The van der Waals surface area contributed by atoms with Gasteiger partial charge in [-0.2, -0.15) is 0 Å². The molecule has 0 amide bonds. The summed E-state index contributed by atoms with van der Waals surface area (Å²) in [5, 5.41) is 0. The normalized spacial score (nSPS) is 12.5. The van der Waals surface area contributed by atoms with Crippen molar-refractivity contribution in [3.63, 3.8) is 0 Å². The van der Waals surface area contributed by atoms with Gasteiger partial charge in [0.2, 0.25) is 0 Å². The molecule has 0 unspecified atom stereocenters. The Kier molecular flexibility index (Phi) is 62.1. The largest absolute Gasteiger partial charge is 0.382 e. The molecule has 0 aromatic heterocycles. The predicted octanol–water partition coefficient (Wildman–Crippen LogP) is 6.68. The zero-order chi connectivity index (χ0) is 65.2. The van der Waals surface area contributed by atoms with Gasteiger partial charge in [0.25, 0.3) is 0 Å². The van der Waals surface area contributed by atoms with E-state index in [9.17, 15) is 0 Å². The third-order valence-corrected chi connectivity index (χ3v) is 14.1. The molecule has 1 aliphatic rings. The Balaban J connectivity index is 0.0000295. The number of ether oxygens (including phenoxy) is 24. The summed E-state index contributed by atoms with van der Waals surface area (Å²) < 4.78 is 133. The van der Waals surface area contributed by atoms with E-state index in [1.807, 2.05) is 0 Å². The number of rotatable bonds is 75. The maximum atomic E-state index is 6.13. The predicted molar refractivity (Wildman–Crippen MR) is 354 cm³/mol. The lowest BCUT2D eigenvalue weighted by Gasteiger charge is -2.33. The molecule has 93 heavy (non-hydrogen) atoms. The minimum Gasteiger partial charge on any atom is -0.382 e. The molecule has 0 fully saturated rings. The van der Waals surface area contributed by atoms with Gasteiger partial charge < -0.3 is 114 Å². The van der Waals surface area contributed by atoms with Crippen molar-refractivity contribution in [1.29, 1.82) is 0 Å². The van der Waals surface area contributed by atoms with Crippen LogP contribution in [0, 0.1) is 6.92 Å². The number of fused-ring (bicyclic) bond motifs is 3. The highest BCUT2D eigenvalue weighted by Gasteiger charge is 2.42. The van der Waals surface area contributed by atoms with Crippen LogP contribution in [0.25, 0.3) is 11.1 Å². The van der Waals surface area contributed by atoms with Crippen LogP contribution < -0.4 is 0 Å². The SMILES string of the molecule is C.CCc1ccc2c(c1)C(CCCOCCOCCOCCOCCOCCOCCOCCOCCOCCOCCOCCOC)(CCCOCCOCCOCCOCCOCCOCCOCCOCCOCCOCCOCCOC)c1cc(C)ccc1-2. The van der Waals surface area contributed by atoms with Crippen LogP contribution in [0.5, 0.6) is 0 Å². The molecule has 0 spiro atoms. The van der Waals surface area contributed by atoms with Crippen LogP contribution in [0.4, 0.5) is 0 Å². The Hall–Kier alpha value is -2.52. The molecule has 0 bridgehead atoms. The van der Waals surface area contributed by atoms with Gasteiger partial charge in [0.05, 0.1) is 291 Å². The monoisotopic (exact) mass is 1340 g/mol. The lowest BCUT2D eigenvalue weighted by molar-refractivity contribution is -0.0281. The van der Waals surface area contributed by atoms with Crippen LogP contribution >= 0.6 is 0 Å². The van der Waals surface area contributed by atoms with Crippen LogP contribution in [0.15, 0.2) is 36.4 Å². The van der Waals surface area contributed by atoms with E-state index in [1.54, 1.807) is 14.2 Å². The molecule has 0 N–H and O–H groups in total. The summed E-state index contributed by atoms with van der Waals surface area (Å²) in [6.45, 7) is 28.4. The van der Waals surface area contributed by atoms with Gasteiger partial charge in [-0.1, -0.05) is 56.3 Å². The maximum Gasteiger partial charge on any atom is 0.0701 e. The number of hydrogen-bond acceptors (Lipinski definition) is 24. The first-order valence-corrected chi connectivity index (χ1v) is 33.6. The quantitative estimate of drug-likeness (QED) is 0.0630. The number of methoxy groups -OCH3 is 2. The van der Waals surface area contributed by atoms with Crippen molar-refractivity contribution in [2.24, 2.45) is 0 Å². The fraction of sp³-hybridized carbons (Fsp3) is 0.826.